The van der Waals surface area contributed by atoms with E-state index in [1.165, 1.54) is 5.56 Å². The van der Waals surface area contributed by atoms with Crippen molar-refractivity contribution in [1.82, 2.24) is 4.98 Å². The predicted molar refractivity (Wildman–Crippen MR) is 78.5 cm³/mol. The Morgan fingerprint density at radius 1 is 1.26 bits per heavy atom. The number of nitrogens with two attached hydrogens (primary N) is 1. The van der Waals surface area contributed by atoms with Crippen molar-refractivity contribution in [1.29, 1.82) is 5.41 Å². The molecule has 4 heteroatoms. The number of nitrogens with one attached hydrogen (secondary N) is 1. The third-order valence-corrected chi connectivity index (χ3v) is 2.99. The topological polar surface area (TPSA) is 66.0 Å². The van der Waals surface area contributed by atoms with Gasteiger partial charge >= 0.3 is 0 Å². The van der Waals surface area contributed by atoms with E-state index in [1.807, 2.05) is 19.2 Å². The monoisotopic (exact) mass is 254 g/mol. The number of hydrogen-bond donors (Lipinski definition) is 2. The van der Waals surface area contributed by atoms with E-state index in [0.29, 0.717) is 5.69 Å². The average molecular weight is 254 g/mol. The Kier molecular flexibility index (Phi) is 3.80. The molecule has 2 rings (SSSR count). The van der Waals surface area contributed by atoms with E-state index >= 15 is 0 Å². The molecule has 0 aliphatic heterocycles. The van der Waals surface area contributed by atoms with Crippen LogP contribution in [0, 0.1) is 12.3 Å². The van der Waals surface area contributed by atoms with E-state index in [0.717, 1.165) is 17.8 Å². The van der Waals surface area contributed by atoms with Crippen molar-refractivity contribution in [3.8, 4) is 0 Å². The Morgan fingerprint density at radius 3 is 2.58 bits per heavy atom. The number of aromatic nitrogens is 1. The molecule has 3 N–H and O–H groups in total. The van der Waals surface area contributed by atoms with Gasteiger partial charge in [-0.2, -0.15) is 0 Å². The van der Waals surface area contributed by atoms with Crippen LogP contribution in [0.5, 0.6) is 0 Å². The van der Waals surface area contributed by atoms with Crippen LogP contribution in [-0.2, 0) is 6.54 Å². The van der Waals surface area contributed by atoms with Crippen LogP contribution in [0.3, 0.4) is 0 Å². The van der Waals surface area contributed by atoms with Crippen molar-refractivity contribution >= 4 is 11.5 Å². The summed E-state index contributed by atoms with van der Waals surface area (Å²) in [6.45, 7) is 2.83. The highest BCUT2D eigenvalue weighted by Gasteiger charge is 2.04. The first-order valence-electron chi connectivity index (χ1n) is 6.13. The molecule has 0 bridgehead atoms. The lowest BCUT2D eigenvalue weighted by atomic mass is 10.2. The highest BCUT2D eigenvalue weighted by molar-refractivity contribution is 5.93. The van der Waals surface area contributed by atoms with Crippen LogP contribution in [0.2, 0.25) is 0 Å². The summed E-state index contributed by atoms with van der Waals surface area (Å²) in [6, 6.07) is 12.2. The maximum Gasteiger partial charge on any atom is 0.141 e. The van der Waals surface area contributed by atoms with Gasteiger partial charge in [0, 0.05) is 25.5 Å². The van der Waals surface area contributed by atoms with Gasteiger partial charge in [-0.05, 0) is 36.8 Å². The van der Waals surface area contributed by atoms with Gasteiger partial charge in [-0.15, -0.1) is 0 Å². The minimum Gasteiger partial charge on any atom is -0.382 e. The standard InChI is InChI=1S/C15H18N4/c1-11-3-5-13(6-4-11)19(2)10-12-7-8-18-14(9-12)15(16)17/h3-9H,10H2,1-2H3,(H3,16,17). The molecule has 0 radical (unpaired) electrons. The number of amidine groups is 1. The Balaban J connectivity index is 2.14. The first-order valence-corrected chi connectivity index (χ1v) is 6.13. The van der Waals surface area contributed by atoms with Crippen LogP contribution in [0.4, 0.5) is 5.69 Å². The van der Waals surface area contributed by atoms with Crippen LogP contribution in [-0.4, -0.2) is 17.9 Å². The summed E-state index contributed by atoms with van der Waals surface area (Å²) in [5.41, 5.74) is 9.47. The lowest BCUT2D eigenvalue weighted by Gasteiger charge is -2.19. The molecule has 19 heavy (non-hydrogen) atoms. The molecular weight excluding hydrogens is 236 g/mol. The highest BCUT2D eigenvalue weighted by atomic mass is 15.1. The number of nitrogens with zero attached hydrogens (tertiary/aromatic N) is 2. The predicted octanol–water partition coefficient (Wildman–Crippen LogP) is 2.31. The molecule has 0 saturated heterocycles. The first kappa shape index (κ1) is 13.1. The zero-order chi connectivity index (χ0) is 13.8. The molecule has 0 saturated carbocycles. The summed E-state index contributed by atoms with van der Waals surface area (Å²) >= 11 is 0. The van der Waals surface area contributed by atoms with Gasteiger partial charge in [0.1, 0.15) is 11.5 Å². The minimum absolute atomic E-state index is 0.000149. The average Bonchev–Trinajstić information content (AvgIpc) is 2.39. The highest BCUT2D eigenvalue weighted by Crippen LogP contribution is 2.16. The van der Waals surface area contributed by atoms with E-state index in [9.17, 15) is 0 Å². The SMILES string of the molecule is Cc1ccc(N(C)Cc2ccnc(C(=N)N)c2)cc1. The number of rotatable bonds is 4. The maximum atomic E-state index is 7.40. The van der Waals surface area contributed by atoms with E-state index < -0.39 is 0 Å². The summed E-state index contributed by atoms with van der Waals surface area (Å²) in [5.74, 6) is -0.000149. The van der Waals surface area contributed by atoms with Gasteiger partial charge < -0.3 is 10.6 Å². The number of nitrogen functional groups attached to an aromatic ring is 1. The molecule has 0 atom stereocenters. The molecule has 0 aliphatic carbocycles. The van der Waals surface area contributed by atoms with Crippen molar-refractivity contribution in [3.05, 3.63) is 59.4 Å². The fraction of sp³-hybridized carbons (Fsp3) is 0.200. The molecule has 98 valence electrons. The fourth-order valence-electron chi connectivity index (χ4n) is 1.88. The van der Waals surface area contributed by atoms with Gasteiger partial charge in [0.25, 0.3) is 0 Å². The Morgan fingerprint density at radius 2 is 1.95 bits per heavy atom. The van der Waals surface area contributed by atoms with E-state index in [4.69, 9.17) is 11.1 Å². The Hall–Kier alpha value is -2.36. The van der Waals surface area contributed by atoms with Crippen LogP contribution >= 0.6 is 0 Å². The molecular formula is C15H18N4. The number of aryl methyl sites for hydroxylation is 1. The van der Waals surface area contributed by atoms with Crippen molar-refractivity contribution < 1.29 is 0 Å². The second-order valence-corrected chi connectivity index (χ2v) is 4.65. The fourth-order valence-corrected chi connectivity index (χ4v) is 1.88. The summed E-state index contributed by atoms with van der Waals surface area (Å²) in [7, 11) is 2.04. The van der Waals surface area contributed by atoms with Gasteiger partial charge in [0.15, 0.2) is 0 Å². The first-order chi connectivity index (χ1) is 9.06. The zero-order valence-corrected chi connectivity index (χ0v) is 11.2. The number of benzene rings is 1. The van der Waals surface area contributed by atoms with Crippen LogP contribution in [0.15, 0.2) is 42.6 Å². The van der Waals surface area contributed by atoms with Crippen molar-refractivity contribution in [2.75, 3.05) is 11.9 Å². The summed E-state index contributed by atoms with van der Waals surface area (Å²) < 4.78 is 0. The van der Waals surface area contributed by atoms with Gasteiger partial charge in [0.2, 0.25) is 0 Å². The molecule has 4 nitrogen and oxygen atoms in total. The van der Waals surface area contributed by atoms with E-state index in [2.05, 4.69) is 41.1 Å². The summed E-state index contributed by atoms with van der Waals surface area (Å²) in [5, 5.41) is 7.40. The third kappa shape index (κ3) is 3.31. The normalized spacial score (nSPS) is 10.2. The molecule has 2 aromatic rings. The summed E-state index contributed by atoms with van der Waals surface area (Å²) in [6.07, 6.45) is 1.69. The van der Waals surface area contributed by atoms with Gasteiger partial charge in [-0.3, -0.25) is 10.4 Å². The van der Waals surface area contributed by atoms with Gasteiger partial charge in [0.05, 0.1) is 0 Å². The molecule has 0 spiro atoms. The van der Waals surface area contributed by atoms with E-state index in [1.54, 1.807) is 6.20 Å². The largest absolute Gasteiger partial charge is 0.382 e. The second kappa shape index (κ2) is 5.52. The number of hydrogen-bond acceptors (Lipinski definition) is 3. The smallest absolute Gasteiger partial charge is 0.141 e. The van der Waals surface area contributed by atoms with Crippen molar-refractivity contribution in [2.24, 2.45) is 5.73 Å². The summed E-state index contributed by atoms with van der Waals surface area (Å²) in [4.78, 5) is 6.21. The second-order valence-electron chi connectivity index (χ2n) is 4.65. The molecule has 1 heterocycles. The molecule has 0 unspecified atom stereocenters. The Bertz CT molecular complexity index is 575. The van der Waals surface area contributed by atoms with Gasteiger partial charge in [-0.1, -0.05) is 17.7 Å². The van der Waals surface area contributed by atoms with Crippen molar-refractivity contribution in [3.63, 3.8) is 0 Å². The molecule has 0 fully saturated rings. The van der Waals surface area contributed by atoms with Crippen LogP contribution < -0.4 is 10.6 Å². The molecule has 1 aromatic heterocycles. The molecule has 0 amide bonds. The number of anilines is 1. The third-order valence-electron chi connectivity index (χ3n) is 2.99. The van der Waals surface area contributed by atoms with Crippen molar-refractivity contribution in [2.45, 2.75) is 13.5 Å². The Labute approximate surface area is 113 Å². The molecule has 1 aromatic carbocycles. The maximum absolute atomic E-state index is 7.40. The van der Waals surface area contributed by atoms with E-state index in [-0.39, 0.29) is 5.84 Å². The van der Waals surface area contributed by atoms with Gasteiger partial charge in [-0.25, -0.2) is 0 Å². The molecule has 0 aliphatic rings. The minimum atomic E-state index is -0.000149. The quantitative estimate of drug-likeness (QED) is 0.650. The number of pyridine rings is 1. The van der Waals surface area contributed by atoms with Crippen LogP contribution in [0.1, 0.15) is 16.8 Å². The lowest BCUT2D eigenvalue weighted by molar-refractivity contribution is 0.918. The lowest BCUT2D eigenvalue weighted by Crippen LogP contribution is -2.18. The van der Waals surface area contributed by atoms with Crippen LogP contribution in [0.25, 0.3) is 0 Å². The zero-order valence-electron chi connectivity index (χ0n) is 11.2.